The van der Waals surface area contributed by atoms with Crippen LogP contribution in [0.5, 0.6) is 0 Å². The number of carbonyl (C=O) groups is 3. The highest BCUT2D eigenvalue weighted by atomic mass is 16.7. The summed E-state index contributed by atoms with van der Waals surface area (Å²) in [5.41, 5.74) is 1.99. The van der Waals surface area contributed by atoms with Gasteiger partial charge in [-0.05, 0) is 12.0 Å². The fourth-order valence-corrected chi connectivity index (χ4v) is 4.33. The number of nitrogens with zero attached hydrogens (tertiary/aromatic N) is 4. The monoisotopic (exact) mass is 511 g/mol. The molecule has 2 unspecified atom stereocenters. The number of benzene rings is 1. The molecule has 0 amide bonds. The van der Waals surface area contributed by atoms with E-state index in [4.69, 9.17) is 18.9 Å². The summed E-state index contributed by atoms with van der Waals surface area (Å²) < 4.78 is 23.8. The van der Waals surface area contributed by atoms with Crippen LogP contribution in [0.1, 0.15) is 51.9 Å². The molecule has 12 nitrogen and oxygen atoms in total. The zero-order chi connectivity index (χ0) is 26.5. The van der Waals surface area contributed by atoms with Crippen molar-refractivity contribution in [3.05, 3.63) is 48.5 Å². The summed E-state index contributed by atoms with van der Waals surface area (Å²) >= 11 is 0. The van der Waals surface area contributed by atoms with Crippen molar-refractivity contribution in [3.8, 4) is 0 Å². The van der Waals surface area contributed by atoms with Gasteiger partial charge in [0, 0.05) is 20.8 Å². The van der Waals surface area contributed by atoms with Gasteiger partial charge in [0.2, 0.25) is 0 Å². The molecule has 196 valence electrons. The van der Waals surface area contributed by atoms with Crippen molar-refractivity contribution in [2.45, 2.75) is 64.7 Å². The molecular formula is C25H29N5O7. The molecule has 3 aromatic rings. The summed E-state index contributed by atoms with van der Waals surface area (Å²) in [6.45, 7) is 5.59. The Morgan fingerprint density at radius 1 is 1.00 bits per heavy atom. The van der Waals surface area contributed by atoms with Gasteiger partial charge in [0.25, 0.3) is 0 Å². The number of anilines is 1. The largest absolute Gasteiger partial charge is 0.463 e. The van der Waals surface area contributed by atoms with E-state index >= 15 is 0 Å². The molecule has 37 heavy (non-hydrogen) atoms. The summed E-state index contributed by atoms with van der Waals surface area (Å²) in [7, 11) is 0. The highest BCUT2D eigenvalue weighted by Crippen LogP contribution is 2.36. The molecule has 1 aromatic carbocycles. The van der Waals surface area contributed by atoms with Gasteiger partial charge < -0.3 is 24.3 Å². The van der Waals surface area contributed by atoms with Crippen LogP contribution in [-0.4, -0.2) is 62.3 Å². The second-order valence-electron chi connectivity index (χ2n) is 8.58. The van der Waals surface area contributed by atoms with Gasteiger partial charge in [-0.25, -0.2) is 15.0 Å². The molecule has 3 heterocycles. The number of imidazole rings is 1. The Balaban J connectivity index is 1.69. The van der Waals surface area contributed by atoms with Crippen LogP contribution in [0.4, 0.5) is 5.82 Å². The Kier molecular flexibility index (Phi) is 7.97. The van der Waals surface area contributed by atoms with Crippen molar-refractivity contribution in [1.82, 2.24) is 19.5 Å². The molecule has 2 aromatic heterocycles. The van der Waals surface area contributed by atoms with Crippen LogP contribution in [0.2, 0.25) is 0 Å². The number of nitrogens with one attached hydrogen (secondary N) is 1. The summed E-state index contributed by atoms with van der Waals surface area (Å²) in [6, 6.07) is 9.96. The molecule has 5 atom stereocenters. The minimum absolute atomic E-state index is 0.0116. The van der Waals surface area contributed by atoms with Crippen molar-refractivity contribution >= 4 is 34.9 Å². The standard InChI is InChI=1S/C25H29N5O7/c1-5-18(17-9-7-6-8-10-17)29-23-20-24(27-12-26-23)30(13-28-20)25-22(36-16(4)33)21(35-15(3)32)19(37-25)11-34-14(2)31/h6-10,12-13,18-19,21-22,25H,5,11H2,1-4H3,(H,26,27,29)/t18-,19-,21?,22?,25-/m1/s1. The molecule has 12 heteroatoms. The predicted molar refractivity (Wildman–Crippen MR) is 130 cm³/mol. The van der Waals surface area contributed by atoms with E-state index in [9.17, 15) is 14.4 Å². The van der Waals surface area contributed by atoms with Gasteiger partial charge >= 0.3 is 17.9 Å². The Labute approximate surface area is 213 Å². The zero-order valence-corrected chi connectivity index (χ0v) is 21.0. The first-order chi connectivity index (χ1) is 17.8. The Bertz CT molecular complexity index is 1260. The van der Waals surface area contributed by atoms with Gasteiger partial charge in [-0.1, -0.05) is 37.3 Å². The molecule has 0 aliphatic carbocycles. The third kappa shape index (κ3) is 5.85. The molecule has 0 saturated carbocycles. The number of esters is 3. The van der Waals surface area contributed by atoms with Crippen LogP contribution in [0.3, 0.4) is 0 Å². The lowest BCUT2D eigenvalue weighted by molar-refractivity contribution is -0.166. The topological polar surface area (TPSA) is 144 Å². The first kappa shape index (κ1) is 26.0. The Morgan fingerprint density at radius 2 is 1.70 bits per heavy atom. The van der Waals surface area contributed by atoms with Crippen LogP contribution in [-0.2, 0) is 33.3 Å². The molecule has 1 aliphatic rings. The van der Waals surface area contributed by atoms with E-state index < -0.39 is 42.4 Å². The first-order valence-corrected chi connectivity index (χ1v) is 11.9. The van der Waals surface area contributed by atoms with E-state index in [0.29, 0.717) is 17.0 Å². The number of fused-ring (bicyclic) bond motifs is 1. The van der Waals surface area contributed by atoms with Crippen molar-refractivity contribution in [1.29, 1.82) is 0 Å². The molecule has 1 fully saturated rings. The Morgan fingerprint density at radius 3 is 2.35 bits per heavy atom. The minimum Gasteiger partial charge on any atom is -0.463 e. The fourth-order valence-electron chi connectivity index (χ4n) is 4.33. The van der Waals surface area contributed by atoms with E-state index in [0.717, 1.165) is 12.0 Å². The molecule has 1 aliphatic heterocycles. The zero-order valence-electron chi connectivity index (χ0n) is 21.0. The van der Waals surface area contributed by atoms with E-state index in [1.165, 1.54) is 33.4 Å². The number of hydrogen-bond donors (Lipinski definition) is 1. The second kappa shape index (κ2) is 11.3. The normalized spacial score (nSPS) is 21.8. The highest BCUT2D eigenvalue weighted by Gasteiger charge is 2.51. The quantitative estimate of drug-likeness (QED) is 0.334. The van der Waals surface area contributed by atoms with E-state index in [1.54, 1.807) is 4.57 Å². The van der Waals surface area contributed by atoms with E-state index in [1.807, 2.05) is 30.3 Å². The average molecular weight is 512 g/mol. The number of aromatic nitrogens is 4. The summed E-state index contributed by atoms with van der Waals surface area (Å²) in [5.74, 6) is -1.21. The summed E-state index contributed by atoms with van der Waals surface area (Å²) in [6.07, 6.45) is -0.217. The third-order valence-corrected chi connectivity index (χ3v) is 5.89. The molecule has 0 bridgehead atoms. The average Bonchev–Trinajstić information content (AvgIpc) is 3.43. The highest BCUT2D eigenvalue weighted by molar-refractivity contribution is 5.83. The van der Waals surface area contributed by atoms with Gasteiger partial charge in [-0.15, -0.1) is 0 Å². The van der Waals surface area contributed by atoms with Crippen molar-refractivity contribution in [3.63, 3.8) is 0 Å². The van der Waals surface area contributed by atoms with E-state index in [-0.39, 0.29) is 12.6 Å². The van der Waals surface area contributed by atoms with Crippen LogP contribution in [0.15, 0.2) is 43.0 Å². The molecule has 0 radical (unpaired) electrons. The number of ether oxygens (including phenoxy) is 4. The lowest BCUT2D eigenvalue weighted by atomic mass is 10.0. The summed E-state index contributed by atoms with van der Waals surface area (Å²) in [5, 5.41) is 3.43. The predicted octanol–water partition coefficient (Wildman–Crippen LogP) is 2.71. The van der Waals surface area contributed by atoms with Crippen LogP contribution in [0.25, 0.3) is 11.2 Å². The number of carbonyl (C=O) groups excluding carboxylic acids is 3. The fraction of sp³-hybridized carbons (Fsp3) is 0.440. The second-order valence-corrected chi connectivity index (χ2v) is 8.58. The van der Waals surface area contributed by atoms with Gasteiger partial charge in [-0.2, -0.15) is 0 Å². The third-order valence-electron chi connectivity index (χ3n) is 5.89. The molecule has 4 rings (SSSR count). The van der Waals surface area contributed by atoms with Crippen LogP contribution < -0.4 is 5.32 Å². The SMILES string of the molecule is CC[C@@H](Nc1ncnc2c1ncn2[C@@H]1O[C@H](COC(C)=O)C(OC(C)=O)C1OC(C)=O)c1ccccc1. The van der Waals surface area contributed by atoms with Gasteiger partial charge in [-0.3, -0.25) is 19.0 Å². The summed E-state index contributed by atoms with van der Waals surface area (Å²) in [4.78, 5) is 48.5. The van der Waals surface area contributed by atoms with Gasteiger partial charge in [0.15, 0.2) is 35.4 Å². The molecule has 1 N–H and O–H groups in total. The molecule has 1 saturated heterocycles. The van der Waals surface area contributed by atoms with Crippen molar-refractivity contribution < 1.29 is 33.3 Å². The van der Waals surface area contributed by atoms with E-state index in [2.05, 4.69) is 27.2 Å². The first-order valence-electron chi connectivity index (χ1n) is 11.9. The molecule has 0 spiro atoms. The van der Waals surface area contributed by atoms with Crippen LogP contribution >= 0.6 is 0 Å². The number of rotatable bonds is 9. The smallest absolute Gasteiger partial charge is 0.303 e. The Hall–Kier alpha value is -4.06. The van der Waals surface area contributed by atoms with Crippen molar-refractivity contribution in [2.24, 2.45) is 0 Å². The molecular weight excluding hydrogens is 482 g/mol. The number of hydrogen-bond acceptors (Lipinski definition) is 11. The van der Waals surface area contributed by atoms with Gasteiger partial charge in [0.1, 0.15) is 19.0 Å². The van der Waals surface area contributed by atoms with Crippen molar-refractivity contribution in [2.75, 3.05) is 11.9 Å². The maximum absolute atomic E-state index is 12.0. The van der Waals surface area contributed by atoms with Crippen LogP contribution in [0, 0.1) is 0 Å². The lowest BCUT2D eigenvalue weighted by Gasteiger charge is -2.23. The lowest BCUT2D eigenvalue weighted by Crippen LogP contribution is -2.40. The maximum atomic E-state index is 12.0. The minimum atomic E-state index is -1.04. The maximum Gasteiger partial charge on any atom is 0.303 e. The van der Waals surface area contributed by atoms with Gasteiger partial charge in [0.05, 0.1) is 12.4 Å².